The first kappa shape index (κ1) is 75.6. The third-order valence-corrected chi connectivity index (χ3v) is 16.7. The monoisotopic (exact) mass is 1080 g/mol. The molecule has 456 valence electrons. The van der Waals surface area contributed by atoms with Gasteiger partial charge in [-0.05, 0) is 70.6 Å². The molecule has 3 atom stereocenters. The smallest absolute Gasteiger partial charge is 0.220 e. The van der Waals surface area contributed by atoms with E-state index >= 15 is 0 Å². The highest BCUT2D eigenvalue weighted by molar-refractivity contribution is 5.76. The van der Waals surface area contributed by atoms with E-state index < -0.39 is 18.2 Å². The minimum absolute atomic E-state index is 0.148. The van der Waals surface area contributed by atoms with Gasteiger partial charge in [-0.1, -0.05) is 352 Å². The predicted molar refractivity (Wildman–Crippen MR) is 342 cm³/mol. The first-order chi connectivity index (χ1) is 38.1. The summed E-state index contributed by atoms with van der Waals surface area (Å²) in [5.74, 6) is -0.148. The van der Waals surface area contributed by atoms with Crippen molar-refractivity contribution in [3.05, 3.63) is 36.5 Å². The lowest BCUT2D eigenvalue weighted by Crippen LogP contribution is -2.50. The van der Waals surface area contributed by atoms with Crippen LogP contribution in [0.3, 0.4) is 0 Å². The standard InChI is InChI=1S/C72H139NO4/c1-3-5-7-9-11-13-15-17-19-21-23-25-27-29-30-31-32-33-34-35-36-37-38-39-40-41-42-43-45-47-49-51-53-55-57-59-61-63-65-67-71(76)73-69(68-74)72(77)70(75)66-64-62-60-58-56-54-52-50-48-46-44-28-26-24-22-20-18-16-14-12-10-8-6-4-2/h32-33,35-36,58,60,69-70,72,74-75,77H,3-31,34,37-57,59,61-68H2,1-2H3,(H,73,76)/b33-32-,36-35-,60-58+. The SMILES string of the molecule is CCCCCCCCCCCCCCCCC/C=C\C/C=C\CCCCCCCCCCCCCCCCCCCC(=O)NC(CO)C(O)C(O)CCC/C=C/CCCCCCCCCCCCCCCCCCCCC. The van der Waals surface area contributed by atoms with Gasteiger partial charge in [0.25, 0.3) is 0 Å². The molecule has 0 aliphatic rings. The van der Waals surface area contributed by atoms with Crippen LogP contribution in [0.15, 0.2) is 36.5 Å². The van der Waals surface area contributed by atoms with E-state index in [1.165, 1.54) is 321 Å². The molecule has 0 aliphatic carbocycles. The van der Waals surface area contributed by atoms with Crippen molar-refractivity contribution in [3.63, 3.8) is 0 Å². The zero-order valence-electron chi connectivity index (χ0n) is 52.4. The Kier molecular flexibility index (Phi) is 65.8. The summed E-state index contributed by atoms with van der Waals surface area (Å²) in [6.07, 6.45) is 89.4. The molecule has 0 spiro atoms. The number of hydrogen-bond acceptors (Lipinski definition) is 4. The van der Waals surface area contributed by atoms with Gasteiger partial charge in [0.1, 0.15) is 6.10 Å². The maximum absolute atomic E-state index is 12.6. The lowest BCUT2D eigenvalue weighted by atomic mass is 10.0. The molecule has 0 heterocycles. The fourth-order valence-electron chi connectivity index (χ4n) is 11.3. The summed E-state index contributed by atoms with van der Waals surface area (Å²) in [4.78, 5) is 12.6. The molecule has 5 heteroatoms. The Hall–Kier alpha value is -1.43. The molecule has 0 radical (unpaired) electrons. The van der Waals surface area contributed by atoms with Crippen molar-refractivity contribution in [2.75, 3.05) is 6.61 Å². The molecule has 0 saturated carbocycles. The molecule has 5 nitrogen and oxygen atoms in total. The number of unbranched alkanes of at least 4 members (excludes halogenated alkanes) is 52. The molecule has 0 saturated heterocycles. The van der Waals surface area contributed by atoms with E-state index in [-0.39, 0.29) is 12.5 Å². The van der Waals surface area contributed by atoms with Gasteiger partial charge in [-0.25, -0.2) is 0 Å². The lowest BCUT2D eigenvalue weighted by Gasteiger charge is -2.26. The highest BCUT2D eigenvalue weighted by Gasteiger charge is 2.26. The Morgan fingerprint density at radius 1 is 0.325 bits per heavy atom. The van der Waals surface area contributed by atoms with Crippen molar-refractivity contribution in [2.45, 2.75) is 411 Å². The highest BCUT2D eigenvalue weighted by atomic mass is 16.3. The van der Waals surface area contributed by atoms with Crippen LogP contribution in [-0.2, 0) is 4.79 Å². The highest BCUT2D eigenvalue weighted by Crippen LogP contribution is 2.19. The second-order valence-corrected chi connectivity index (χ2v) is 24.4. The fraction of sp³-hybridized carbons (Fsp3) is 0.903. The molecule has 0 rings (SSSR count). The number of hydrogen-bond donors (Lipinski definition) is 4. The number of allylic oxidation sites excluding steroid dienone is 6. The maximum Gasteiger partial charge on any atom is 0.220 e. The van der Waals surface area contributed by atoms with E-state index in [0.717, 1.165) is 44.9 Å². The van der Waals surface area contributed by atoms with E-state index in [1.807, 2.05) is 0 Å². The van der Waals surface area contributed by atoms with Crippen LogP contribution in [-0.4, -0.2) is 46.1 Å². The van der Waals surface area contributed by atoms with Gasteiger partial charge in [0.05, 0.1) is 18.8 Å². The Morgan fingerprint density at radius 3 is 0.831 bits per heavy atom. The Bertz CT molecular complexity index is 1200. The van der Waals surface area contributed by atoms with Crippen LogP contribution in [0.2, 0.25) is 0 Å². The molecule has 0 aliphatic heterocycles. The average molecular weight is 1080 g/mol. The van der Waals surface area contributed by atoms with Crippen molar-refractivity contribution < 1.29 is 20.1 Å². The van der Waals surface area contributed by atoms with Crippen LogP contribution in [0, 0.1) is 0 Å². The molecule has 0 aromatic heterocycles. The van der Waals surface area contributed by atoms with Crippen molar-refractivity contribution in [1.82, 2.24) is 5.32 Å². The van der Waals surface area contributed by atoms with Gasteiger partial charge in [-0.3, -0.25) is 4.79 Å². The number of aliphatic hydroxyl groups is 3. The van der Waals surface area contributed by atoms with Gasteiger partial charge in [-0.2, -0.15) is 0 Å². The zero-order chi connectivity index (χ0) is 55.7. The van der Waals surface area contributed by atoms with E-state index in [9.17, 15) is 20.1 Å². The third kappa shape index (κ3) is 62.0. The van der Waals surface area contributed by atoms with E-state index in [0.29, 0.717) is 12.8 Å². The van der Waals surface area contributed by atoms with Gasteiger partial charge in [0.2, 0.25) is 5.91 Å². The lowest BCUT2D eigenvalue weighted by molar-refractivity contribution is -0.124. The summed E-state index contributed by atoms with van der Waals surface area (Å²) in [6.45, 7) is 4.22. The largest absolute Gasteiger partial charge is 0.394 e. The van der Waals surface area contributed by atoms with E-state index in [1.54, 1.807) is 0 Å². The summed E-state index contributed by atoms with van der Waals surface area (Å²) in [5, 5.41) is 33.9. The number of amides is 1. The van der Waals surface area contributed by atoms with Gasteiger partial charge in [-0.15, -0.1) is 0 Å². The van der Waals surface area contributed by atoms with Crippen LogP contribution in [0.5, 0.6) is 0 Å². The quantitative estimate of drug-likeness (QED) is 0.0361. The van der Waals surface area contributed by atoms with Crippen molar-refractivity contribution in [3.8, 4) is 0 Å². The minimum Gasteiger partial charge on any atom is -0.394 e. The predicted octanol–water partition coefficient (Wildman–Crippen LogP) is 22.9. The molecule has 1 amide bonds. The van der Waals surface area contributed by atoms with Crippen molar-refractivity contribution in [1.29, 1.82) is 0 Å². The maximum atomic E-state index is 12.6. The first-order valence-electron chi connectivity index (χ1n) is 35.3. The summed E-state index contributed by atoms with van der Waals surface area (Å²) in [6, 6.07) is -0.827. The molecule has 0 aromatic rings. The number of aliphatic hydroxyl groups excluding tert-OH is 3. The normalized spacial score (nSPS) is 13.3. The molecule has 0 fully saturated rings. The van der Waals surface area contributed by atoms with Crippen LogP contribution in [0.25, 0.3) is 0 Å². The summed E-state index contributed by atoms with van der Waals surface area (Å²) in [5.41, 5.74) is 0. The van der Waals surface area contributed by atoms with Crippen molar-refractivity contribution in [2.24, 2.45) is 0 Å². The second-order valence-electron chi connectivity index (χ2n) is 24.4. The summed E-state index contributed by atoms with van der Waals surface area (Å²) in [7, 11) is 0. The minimum atomic E-state index is -1.16. The molecular weight excluding hydrogens is 943 g/mol. The molecule has 0 aromatic carbocycles. The van der Waals surface area contributed by atoms with Crippen LogP contribution in [0.1, 0.15) is 393 Å². The summed E-state index contributed by atoms with van der Waals surface area (Å²) >= 11 is 0. The fourth-order valence-corrected chi connectivity index (χ4v) is 11.3. The Morgan fingerprint density at radius 2 is 0.558 bits per heavy atom. The van der Waals surface area contributed by atoms with Crippen molar-refractivity contribution >= 4 is 5.91 Å². The topological polar surface area (TPSA) is 89.8 Å². The molecular formula is C72H139NO4. The van der Waals surface area contributed by atoms with E-state index in [4.69, 9.17) is 0 Å². The summed E-state index contributed by atoms with van der Waals surface area (Å²) < 4.78 is 0. The average Bonchev–Trinajstić information content (AvgIpc) is 3.43. The molecule has 0 bridgehead atoms. The van der Waals surface area contributed by atoms with Gasteiger partial charge in [0, 0.05) is 6.42 Å². The van der Waals surface area contributed by atoms with Crippen LogP contribution >= 0.6 is 0 Å². The van der Waals surface area contributed by atoms with Gasteiger partial charge < -0.3 is 20.6 Å². The molecule has 3 unspecified atom stereocenters. The number of rotatable bonds is 66. The zero-order valence-corrected chi connectivity index (χ0v) is 52.4. The van der Waals surface area contributed by atoms with Crippen LogP contribution < -0.4 is 5.32 Å². The third-order valence-electron chi connectivity index (χ3n) is 16.7. The first-order valence-corrected chi connectivity index (χ1v) is 35.3. The van der Waals surface area contributed by atoms with Gasteiger partial charge in [0.15, 0.2) is 0 Å². The number of carbonyl (C=O) groups excluding carboxylic acids is 1. The second kappa shape index (κ2) is 67.1. The van der Waals surface area contributed by atoms with E-state index in [2.05, 4.69) is 55.6 Å². The molecule has 4 N–H and O–H groups in total. The Labute approximate surface area is 483 Å². The number of nitrogens with one attached hydrogen (secondary N) is 1. The Balaban J connectivity index is 3.48. The van der Waals surface area contributed by atoms with Crippen LogP contribution in [0.4, 0.5) is 0 Å². The number of carbonyl (C=O) groups is 1. The van der Waals surface area contributed by atoms with Gasteiger partial charge >= 0.3 is 0 Å². The molecule has 77 heavy (non-hydrogen) atoms.